The number of allylic oxidation sites excluding steroid dienone is 3. The number of carboxylic acids is 3. The van der Waals surface area contributed by atoms with Gasteiger partial charge in [-0.3, -0.25) is 19.4 Å². The second kappa shape index (κ2) is 16.5. The van der Waals surface area contributed by atoms with Gasteiger partial charge in [0.15, 0.2) is 0 Å². The van der Waals surface area contributed by atoms with E-state index < -0.39 is 48.6 Å². The third-order valence-electron chi connectivity index (χ3n) is 10.6. The Labute approximate surface area is 318 Å². The van der Waals surface area contributed by atoms with Crippen molar-refractivity contribution in [3.05, 3.63) is 81.4 Å². The van der Waals surface area contributed by atoms with Crippen molar-refractivity contribution in [2.45, 2.75) is 97.9 Å². The minimum absolute atomic E-state index is 0.100. The molecular weight excluding hydrogens is 704 g/mol. The number of aromatic carboxylic acids is 1. The molecule has 2 aliphatic heterocycles. The Kier molecular flexibility index (Phi) is 12.1. The van der Waals surface area contributed by atoms with E-state index in [1.807, 2.05) is 52.8 Å². The average Bonchev–Trinajstić information content (AvgIpc) is 3.81. The number of aromatic amines is 2. The Morgan fingerprint density at radius 2 is 1.62 bits per heavy atom. The zero-order chi connectivity index (χ0) is 40.3. The maximum absolute atomic E-state index is 13.8. The van der Waals surface area contributed by atoms with Crippen LogP contribution < -0.4 is 10.6 Å². The Hall–Kier alpha value is -6.05. The van der Waals surface area contributed by atoms with Crippen molar-refractivity contribution in [1.29, 1.82) is 0 Å². The lowest BCUT2D eigenvalue weighted by molar-refractivity contribution is -0.147. The fourth-order valence-electron chi connectivity index (χ4n) is 7.52. The van der Waals surface area contributed by atoms with Gasteiger partial charge in [0.05, 0.1) is 41.0 Å². The van der Waals surface area contributed by atoms with Gasteiger partial charge >= 0.3 is 17.9 Å². The number of aryl methyl sites for hydroxylation is 3. The number of H-pyrrole nitrogens is 2. The Morgan fingerprint density at radius 1 is 0.909 bits per heavy atom. The number of fused-ring (bicyclic) bond motifs is 8. The molecule has 0 aliphatic carbocycles. The lowest BCUT2D eigenvalue weighted by Gasteiger charge is -2.19. The largest absolute Gasteiger partial charge is 0.481 e. The van der Waals surface area contributed by atoms with Crippen LogP contribution in [0.3, 0.4) is 0 Å². The standard InChI is InChI=1S/C41H48N6O8/c1-8-13-42-34(48)12-11-25-21(6)29-15-27-19(4)23(9-2)31(43-27)16-28-20(5)24(10-3)32(44-28)17-30-22(7)37(41(54)55)39(47-30)26(38(25)46-29)14-35(49)45-33(40(52)53)18-36(50)51/h9,15-17,21,25,33,44,47H,2,8,10-14,18H2,1,3-7H3,(H,42,48)(H,45,49)(H,50,51)(H,52,53)(H,54,55)/t21-,25-,33-/m0/s1. The van der Waals surface area contributed by atoms with Crippen LogP contribution in [-0.4, -0.2) is 77.6 Å². The zero-order valence-electron chi connectivity index (χ0n) is 32.0. The first-order valence-corrected chi connectivity index (χ1v) is 18.4. The van der Waals surface area contributed by atoms with Crippen LogP contribution in [0.1, 0.15) is 121 Å². The number of amides is 2. The molecule has 0 fully saturated rings. The molecule has 0 radical (unpaired) electrons. The average molecular weight is 753 g/mol. The quantitative estimate of drug-likeness (QED) is 0.100. The number of nitrogens with zero attached hydrogens (tertiary/aromatic N) is 2. The zero-order valence-corrected chi connectivity index (χ0v) is 32.0. The number of carbonyl (C=O) groups is 5. The van der Waals surface area contributed by atoms with E-state index in [-0.39, 0.29) is 34.9 Å². The summed E-state index contributed by atoms with van der Waals surface area (Å²) in [7, 11) is 0. The van der Waals surface area contributed by atoms with Gasteiger partial charge in [-0.2, -0.15) is 0 Å². The first kappa shape index (κ1) is 40.1. The summed E-state index contributed by atoms with van der Waals surface area (Å²) in [5, 5.41) is 34.9. The molecule has 55 heavy (non-hydrogen) atoms. The smallest absolute Gasteiger partial charge is 0.338 e. The van der Waals surface area contributed by atoms with E-state index in [1.165, 1.54) is 0 Å². The molecule has 8 bridgehead atoms. The summed E-state index contributed by atoms with van der Waals surface area (Å²) in [6.07, 6.45) is 2.19. The highest BCUT2D eigenvalue weighted by Gasteiger charge is 2.34. The van der Waals surface area contributed by atoms with Gasteiger partial charge in [0.2, 0.25) is 11.8 Å². The summed E-state index contributed by atoms with van der Waals surface area (Å²) < 4.78 is 0. The van der Waals surface area contributed by atoms with Crippen molar-refractivity contribution in [2.24, 2.45) is 0 Å². The van der Waals surface area contributed by atoms with Crippen molar-refractivity contribution < 1.29 is 39.3 Å². The van der Waals surface area contributed by atoms with Gasteiger partial charge in [-0.25, -0.2) is 14.6 Å². The molecule has 14 heteroatoms. The first-order chi connectivity index (χ1) is 26.1. The molecule has 3 atom stereocenters. The molecule has 0 saturated carbocycles. The van der Waals surface area contributed by atoms with Crippen LogP contribution >= 0.6 is 0 Å². The minimum atomic E-state index is -1.74. The highest BCUT2D eigenvalue weighted by atomic mass is 16.4. The lowest BCUT2D eigenvalue weighted by Crippen LogP contribution is -2.43. The van der Waals surface area contributed by atoms with E-state index >= 15 is 0 Å². The second-order valence-electron chi connectivity index (χ2n) is 14.1. The SMILES string of the molecule is C=CC1=C(C)c2cc3nc(c(CC(=O)N[C@@H](CC(=O)O)C(=O)O)c4[nH]c(cc5[nH]c(cc1n2)c(C)c5CC)c(C)c4C(=O)O)[C@@H](CCC(=O)NCCC)[C@@H]3C. The Bertz CT molecular complexity index is 2300. The van der Waals surface area contributed by atoms with Crippen molar-refractivity contribution >= 4 is 62.9 Å². The van der Waals surface area contributed by atoms with Gasteiger partial charge in [-0.05, 0) is 80.5 Å². The van der Waals surface area contributed by atoms with Crippen molar-refractivity contribution in [3.8, 4) is 0 Å². The summed E-state index contributed by atoms with van der Waals surface area (Å²) in [5.74, 6) is -6.05. The molecule has 3 aromatic heterocycles. The summed E-state index contributed by atoms with van der Waals surface area (Å²) >= 11 is 0. The molecule has 5 rings (SSSR count). The minimum Gasteiger partial charge on any atom is -0.481 e. The fourth-order valence-corrected chi connectivity index (χ4v) is 7.52. The fraction of sp³-hybridized carbons (Fsp3) is 0.390. The van der Waals surface area contributed by atoms with Crippen LogP contribution in [-0.2, 0) is 32.0 Å². The number of nitrogens with one attached hydrogen (secondary N) is 4. The third kappa shape index (κ3) is 8.22. The number of carboxylic acid groups (broad SMARTS) is 3. The number of hydrogen-bond donors (Lipinski definition) is 7. The van der Waals surface area contributed by atoms with Crippen molar-refractivity contribution in [1.82, 2.24) is 30.6 Å². The van der Waals surface area contributed by atoms with E-state index in [2.05, 4.69) is 27.2 Å². The highest BCUT2D eigenvalue weighted by Crippen LogP contribution is 2.43. The van der Waals surface area contributed by atoms with Crippen LogP contribution in [0.2, 0.25) is 0 Å². The van der Waals surface area contributed by atoms with Crippen LogP contribution in [0.25, 0.3) is 33.2 Å². The summed E-state index contributed by atoms with van der Waals surface area (Å²) in [4.78, 5) is 80.1. The lowest BCUT2D eigenvalue weighted by atomic mass is 9.84. The van der Waals surface area contributed by atoms with E-state index in [0.717, 1.165) is 39.7 Å². The second-order valence-corrected chi connectivity index (χ2v) is 14.1. The maximum atomic E-state index is 13.8. The van der Waals surface area contributed by atoms with Gasteiger partial charge in [-0.1, -0.05) is 33.4 Å². The molecule has 2 aliphatic rings. The topological polar surface area (TPSA) is 227 Å². The van der Waals surface area contributed by atoms with Crippen molar-refractivity contribution in [3.63, 3.8) is 0 Å². The van der Waals surface area contributed by atoms with Crippen LogP contribution in [0.15, 0.2) is 30.9 Å². The van der Waals surface area contributed by atoms with Crippen molar-refractivity contribution in [2.75, 3.05) is 6.54 Å². The maximum Gasteiger partial charge on any atom is 0.338 e. The predicted octanol–water partition coefficient (Wildman–Crippen LogP) is 6.09. The predicted molar refractivity (Wildman–Crippen MR) is 209 cm³/mol. The highest BCUT2D eigenvalue weighted by molar-refractivity contribution is 6.03. The van der Waals surface area contributed by atoms with Crippen LogP contribution in [0.5, 0.6) is 0 Å². The summed E-state index contributed by atoms with van der Waals surface area (Å²) in [5.41, 5.74) is 8.63. The molecule has 3 aromatic rings. The molecular formula is C41H48N6O8. The van der Waals surface area contributed by atoms with Crippen LogP contribution in [0, 0.1) is 13.8 Å². The number of rotatable bonds is 14. The molecule has 0 spiro atoms. The molecule has 7 N–H and O–H groups in total. The molecule has 0 unspecified atom stereocenters. The number of carbonyl (C=O) groups excluding carboxylic acids is 2. The summed E-state index contributed by atoms with van der Waals surface area (Å²) in [6.45, 7) is 16.1. The van der Waals surface area contributed by atoms with Crippen LogP contribution in [0.4, 0.5) is 0 Å². The van der Waals surface area contributed by atoms with Gasteiger partial charge in [0.1, 0.15) is 6.04 Å². The van der Waals surface area contributed by atoms with Gasteiger partial charge in [-0.15, -0.1) is 0 Å². The number of hydrogen-bond acceptors (Lipinski definition) is 7. The third-order valence-corrected chi connectivity index (χ3v) is 10.6. The van der Waals surface area contributed by atoms with E-state index in [4.69, 9.17) is 9.97 Å². The Morgan fingerprint density at radius 3 is 2.24 bits per heavy atom. The van der Waals surface area contributed by atoms with Gasteiger partial charge in [0, 0.05) is 58.2 Å². The number of aromatic nitrogens is 4. The Balaban J connectivity index is 1.92. The molecule has 0 aromatic carbocycles. The van der Waals surface area contributed by atoms with E-state index in [9.17, 15) is 39.3 Å². The molecule has 0 saturated heterocycles. The molecule has 14 nitrogen and oxygen atoms in total. The van der Waals surface area contributed by atoms with Gasteiger partial charge < -0.3 is 35.9 Å². The van der Waals surface area contributed by atoms with E-state index in [0.29, 0.717) is 53.2 Å². The molecule has 2 amide bonds. The number of aliphatic carboxylic acids is 2. The molecule has 290 valence electrons. The molecule has 5 heterocycles. The summed E-state index contributed by atoms with van der Waals surface area (Å²) in [6, 6.07) is 3.93. The first-order valence-electron chi connectivity index (χ1n) is 18.4. The normalized spacial score (nSPS) is 15.7. The monoisotopic (exact) mass is 752 g/mol. The van der Waals surface area contributed by atoms with Gasteiger partial charge in [0.25, 0.3) is 0 Å². The van der Waals surface area contributed by atoms with E-state index in [1.54, 1.807) is 13.0 Å².